The number of aromatic nitrogens is 3. The average molecular weight is 425 g/mol. The maximum absolute atomic E-state index is 12.3. The van der Waals surface area contributed by atoms with Crippen LogP contribution in [0.4, 0.5) is 5.13 Å². The highest BCUT2D eigenvalue weighted by molar-refractivity contribution is 7.99. The summed E-state index contributed by atoms with van der Waals surface area (Å²) in [6.45, 7) is 0.896. The Kier molecular flexibility index (Phi) is 4.82. The molecule has 0 unspecified atom stereocenters. The smallest absolute Gasteiger partial charge is 0.236 e. The number of anilines is 1. The fourth-order valence-corrected chi connectivity index (χ4v) is 4.64. The molecule has 2 aromatic heterocycles. The van der Waals surface area contributed by atoms with E-state index in [1.54, 1.807) is 6.20 Å². The van der Waals surface area contributed by atoms with Gasteiger partial charge in [0.15, 0.2) is 21.8 Å². The Morgan fingerprint density at radius 1 is 1.21 bits per heavy atom. The number of nitrogens with zero attached hydrogens (tertiary/aromatic N) is 3. The van der Waals surface area contributed by atoms with E-state index in [-0.39, 0.29) is 18.5 Å². The van der Waals surface area contributed by atoms with Gasteiger partial charge in [0.2, 0.25) is 12.7 Å². The predicted octanol–water partition coefficient (Wildman–Crippen LogP) is 4.00. The van der Waals surface area contributed by atoms with Gasteiger partial charge < -0.3 is 19.4 Å². The van der Waals surface area contributed by atoms with E-state index in [0.717, 1.165) is 32.4 Å². The quantitative estimate of drug-likeness (QED) is 0.472. The van der Waals surface area contributed by atoms with Gasteiger partial charge in [-0.2, -0.15) is 0 Å². The number of thioether (sulfide) groups is 1. The highest BCUT2D eigenvalue weighted by Crippen LogP contribution is 2.33. The van der Waals surface area contributed by atoms with Crippen LogP contribution in [0, 0.1) is 0 Å². The lowest BCUT2D eigenvalue weighted by Crippen LogP contribution is -2.14. The van der Waals surface area contributed by atoms with Crippen molar-refractivity contribution in [1.29, 1.82) is 0 Å². The number of para-hydroxylation sites is 1. The van der Waals surface area contributed by atoms with E-state index in [9.17, 15) is 4.79 Å². The SMILES string of the molecule is O=C(CSc1nccn1Cc1ccc2c(c1)OCO2)Nc1nc2ccccc2s1. The minimum absolute atomic E-state index is 0.105. The average Bonchev–Trinajstić information content (AvgIpc) is 3.45. The van der Waals surface area contributed by atoms with Crippen molar-refractivity contribution < 1.29 is 14.3 Å². The lowest BCUT2D eigenvalue weighted by molar-refractivity contribution is -0.113. The number of thiazole rings is 1. The Morgan fingerprint density at radius 2 is 2.10 bits per heavy atom. The molecule has 0 aliphatic carbocycles. The van der Waals surface area contributed by atoms with Crippen molar-refractivity contribution in [2.45, 2.75) is 11.7 Å². The number of rotatable bonds is 6. The van der Waals surface area contributed by atoms with E-state index < -0.39 is 0 Å². The lowest BCUT2D eigenvalue weighted by Gasteiger charge is -2.08. The Morgan fingerprint density at radius 3 is 3.03 bits per heavy atom. The summed E-state index contributed by atoms with van der Waals surface area (Å²) in [4.78, 5) is 21.2. The second-order valence-corrected chi connectivity index (χ2v) is 8.32. The predicted molar refractivity (Wildman–Crippen MR) is 113 cm³/mol. The van der Waals surface area contributed by atoms with Crippen molar-refractivity contribution in [3.63, 3.8) is 0 Å². The van der Waals surface area contributed by atoms with Gasteiger partial charge in [-0.25, -0.2) is 9.97 Å². The number of hydrogen-bond donors (Lipinski definition) is 1. The van der Waals surface area contributed by atoms with Gasteiger partial charge in [0.1, 0.15) is 0 Å². The first-order valence-corrected chi connectivity index (χ1v) is 10.7. The zero-order chi connectivity index (χ0) is 19.6. The summed E-state index contributed by atoms with van der Waals surface area (Å²) in [7, 11) is 0. The van der Waals surface area contributed by atoms with Crippen molar-refractivity contribution in [1.82, 2.24) is 14.5 Å². The van der Waals surface area contributed by atoms with E-state index in [1.807, 2.05) is 53.2 Å². The molecular weight excluding hydrogens is 408 g/mol. The van der Waals surface area contributed by atoms with Gasteiger partial charge in [-0.15, -0.1) is 0 Å². The van der Waals surface area contributed by atoms with Crippen molar-refractivity contribution in [2.24, 2.45) is 0 Å². The Labute approximate surface area is 174 Å². The monoisotopic (exact) mass is 424 g/mol. The standard InChI is InChI=1S/C20H16N4O3S2/c25-18(23-19-22-14-3-1-2-4-17(14)29-19)11-28-20-21-7-8-24(20)10-13-5-6-15-16(9-13)27-12-26-15/h1-9H,10-12H2,(H,22,23,25). The third-order valence-corrected chi connectivity index (χ3v) is 6.30. The number of fused-ring (bicyclic) bond motifs is 2. The molecule has 0 saturated carbocycles. The number of carbonyl (C=O) groups is 1. The van der Waals surface area contributed by atoms with Crippen LogP contribution in [0.15, 0.2) is 60.0 Å². The fourth-order valence-electron chi connectivity index (χ4n) is 3.00. The molecule has 1 N–H and O–H groups in total. The molecule has 0 bridgehead atoms. The molecule has 0 spiro atoms. The lowest BCUT2D eigenvalue weighted by atomic mass is 10.2. The van der Waals surface area contributed by atoms with Crippen molar-refractivity contribution in [3.8, 4) is 11.5 Å². The minimum atomic E-state index is -0.105. The number of imidazole rings is 1. The maximum Gasteiger partial charge on any atom is 0.236 e. The third kappa shape index (κ3) is 3.92. The van der Waals surface area contributed by atoms with Crippen LogP contribution in [0.2, 0.25) is 0 Å². The van der Waals surface area contributed by atoms with Crippen LogP contribution in [-0.4, -0.2) is 33.0 Å². The second kappa shape index (κ2) is 7.76. The summed E-state index contributed by atoms with van der Waals surface area (Å²) < 4.78 is 13.8. The highest BCUT2D eigenvalue weighted by atomic mass is 32.2. The molecule has 1 aliphatic heterocycles. The Bertz CT molecular complexity index is 1150. The molecular formula is C20H16N4O3S2. The zero-order valence-electron chi connectivity index (χ0n) is 15.2. The molecule has 1 amide bonds. The van der Waals surface area contributed by atoms with Crippen LogP contribution in [-0.2, 0) is 11.3 Å². The van der Waals surface area contributed by atoms with Crippen LogP contribution in [0.5, 0.6) is 11.5 Å². The van der Waals surface area contributed by atoms with E-state index in [1.165, 1.54) is 23.1 Å². The normalized spacial score (nSPS) is 12.4. The molecule has 0 atom stereocenters. The highest BCUT2D eigenvalue weighted by Gasteiger charge is 2.15. The number of ether oxygens (including phenoxy) is 2. The van der Waals surface area contributed by atoms with Crippen LogP contribution < -0.4 is 14.8 Å². The molecule has 0 fully saturated rings. The zero-order valence-corrected chi connectivity index (χ0v) is 16.8. The van der Waals surface area contributed by atoms with Gasteiger partial charge >= 0.3 is 0 Å². The number of amides is 1. The van der Waals surface area contributed by atoms with Crippen LogP contribution in [0.25, 0.3) is 10.2 Å². The van der Waals surface area contributed by atoms with Gasteiger partial charge in [-0.3, -0.25) is 4.79 Å². The van der Waals surface area contributed by atoms with Crippen molar-refractivity contribution >= 4 is 44.4 Å². The van der Waals surface area contributed by atoms with Gasteiger partial charge in [-0.1, -0.05) is 41.3 Å². The summed E-state index contributed by atoms with van der Waals surface area (Å²) in [6.07, 6.45) is 3.64. The van der Waals surface area contributed by atoms with E-state index in [4.69, 9.17) is 9.47 Å². The summed E-state index contributed by atoms with van der Waals surface area (Å²) in [5, 5.41) is 4.26. The van der Waals surface area contributed by atoms with Gasteiger partial charge in [0, 0.05) is 18.9 Å². The largest absolute Gasteiger partial charge is 0.454 e. The first-order chi connectivity index (χ1) is 14.2. The summed E-state index contributed by atoms with van der Waals surface area (Å²) in [5.74, 6) is 1.67. The van der Waals surface area contributed by atoms with Crippen molar-refractivity contribution in [3.05, 3.63) is 60.4 Å². The van der Waals surface area contributed by atoms with Crippen LogP contribution >= 0.6 is 23.1 Å². The van der Waals surface area contributed by atoms with Gasteiger partial charge in [-0.05, 0) is 29.8 Å². The van der Waals surface area contributed by atoms with Gasteiger partial charge in [0.25, 0.3) is 0 Å². The molecule has 0 radical (unpaired) electrons. The Hall–Kier alpha value is -3.04. The molecule has 4 aromatic rings. The topological polar surface area (TPSA) is 78.3 Å². The first kappa shape index (κ1) is 18.0. The molecule has 146 valence electrons. The maximum atomic E-state index is 12.3. The van der Waals surface area contributed by atoms with E-state index in [2.05, 4.69) is 15.3 Å². The summed E-state index contributed by atoms with van der Waals surface area (Å²) in [5.41, 5.74) is 1.97. The third-order valence-electron chi connectivity index (χ3n) is 4.34. The molecule has 29 heavy (non-hydrogen) atoms. The fraction of sp³-hybridized carbons (Fsp3) is 0.150. The number of carbonyl (C=O) groups excluding carboxylic acids is 1. The van der Waals surface area contributed by atoms with Crippen molar-refractivity contribution in [2.75, 3.05) is 17.9 Å². The summed E-state index contributed by atoms with van der Waals surface area (Å²) in [6, 6.07) is 13.7. The molecule has 9 heteroatoms. The van der Waals surface area contributed by atoms with Crippen LogP contribution in [0.3, 0.4) is 0 Å². The number of benzene rings is 2. The molecule has 0 saturated heterocycles. The molecule has 7 nitrogen and oxygen atoms in total. The number of hydrogen-bond acceptors (Lipinski definition) is 7. The second-order valence-electron chi connectivity index (χ2n) is 6.35. The summed E-state index contributed by atoms with van der Waals surface area (Å²) >= 11 is 2.86. The minimum Gasteiger partial charge on any atom is -0.454 e. The number of nitrogens with one attached hydrogen (secondary N) is 1. The molecule has 1 aliphatic rings. The van der Waals surface area contributed by atoms with E-state index in [0.29, 0.717) is 11.7 Å². The van der Waals surface area contributed by atoms with E-state index >= 15 is 0 Å². The first-order valence-electron chi connectivity index (χ1n) is 8.92. The molecule has 2 aromatic carbocycles. The van der Waals surface area contributed by atoms with Gasteiger partial charge in [0.05, 0.1) is 16.0 Å². The molecule has 5 rings (SSSR count). The molecule has 3 heterocycles. The van der Waals surface area contributed by atoms with Crippen LogP contribution in [0.1, 0.15) is 5.56 Å². The Balaban J connectivity index is 1.21.